The Labute approximate surface area is 114 Å². The highest BCUT2D eigenvalue weighted by atomic mass is 79.9. The number of anilines is 1. The second-order valence-corrected chi connectivity index (χ2v) is 5.21. The molecule has 18 heavy (non-hydrogen) atoms. The van der Waals surface area contributed by atoms with Gasteiger partial charge in [-0.1, -0.05) is 0 Å². The van der Waals surface area contributed by atoms with E-state index in [-0.39, 0.29) is 17.8 Å². The normalized spacial score (nSPS) is 18.9. The van der Waals surface area contributed by atoms with E-state index in [2.05, 4.69) is 21.2 Å². The van der Waals surface area contributed by atoms with Crippen LogP contribution in [0.1, 0.15) is 25.7 Å². The van der Waals surface area contributed by atoms with Gasteiger partial charge in [0.25, 0.3) is 0 Å². The van der Waals surface area contributed by atoms with Crippen molar-refractivity contribution >= 4 is 27.5 Å². The number of benzene rings is 1. The molecule has 0 bridgehead atoms. The molecular weight excluding hydrogens is 301 g/mol. The van der Waals surface area contributed by atoms with Gasteiger partial charge in [-0.25, -0.2) is 4.39 Å². The molecule has 3 nitrogen and oxygen atoms in total. The van der Waals surface area contributed by atoms with Crippen LogP contribution in [0.5, 0.6) is 0 Å². The zero-order valence-electron chi connectivity index (χ0n) is 9.92. The second-order valence-electron chi connectivity index (χ2n) is 4.35. The van der Waals surface area contributed by atoms with Crippen LogP contribution in [0, 0.1) is 5.82 Å². The standard InChI is InChI=1S/C13H15BrFNO2/c14-11-8-9(3-5-12(11)15)16-13(17)6-4-10-2-1-7-18-10/h3,5,8,10H,1-2,4,6-7H2,(H,16,17). The van der Waals surface area contributed by atoms with Crippen LogP contribution in [-0.2, 0) is 9.53 Å². The smallest absolute Gasteiger partial charge is 0.224 e. The van der Waals surface area contributed by atoms with Gasteiger partial charge in [0, 0.05) is 18.7 Å². The number of carbonyl (C=O) groups excluding carboxylic acids is 1. The van der Waals surface area contributed by atoms with Crippen LogP contribution in [0.2, 0.25) is 0 Å². The van der Waals surface area contributed by atoms with E-state index in [0.717, 1.165) is 25.9 Å². The summed E-state index contributed by atoms with van der Waals surface area (Å²) in [7, 11) is 0. The van der Waals surface area contributed by atoms with E-state index >= 15 is 0 Å². The van der Waals surface area contributed by atoms with Crippen molar-refractivity contribution in [1.82, 2.24) is 0 Å². The summed E-state index contributed by atoms with van der Waals surface area (Å²) in [5, 5.41) is 2.74. The van der Waals surface area contributed by atoms with E-state index in [1.165, 1.54) is 6.07 Å². The number of hydrogen-bond acceptors (Lipinski definition) is 2. The predicted molar refractivity (Wildman–Crippen MR) is 70.9 cm³/mol. The number of ether oxygens (including phenoxy) is 1. The molecular formula is C13H15BrFNO2. The van der Waals surface area contributed by atoms with Gasteiger partial charge in [0.15, 0.2) is 0 Å². The van der Waals surface area contributed by atoms with E-state index in [1.54, 1.807) is 12.1 Å². The number of carbonyl (C=O) groups is 1. The summed E-state index contributed by atoms with van der Waals surface area (Å²) < 4.78 is 18.8. The van der Waals surface area contributed by atoms with Crippen molar-refractivity contribution in [3.05, 3.63) is 28.5 Å². The van der Waals surface area contributed by atoms with Crippen molar-refractivity contribution in [1.29, 1.82) is 0 Å². The molecule has 1 heterocycles. The van der Waals surface area contributed by atoms with Crippen LogP contribution in [0.3, 0.4) is 0 Å². The first-order valence-electron chi connectivity index (χ1n) is 6.01. The van der Waals surface area contributed by atoms with Crippen molar-refractivity contribution in [2.75, 3.05) is 11.9 Å². The van der Waals surface area contributed by atoms with Gasteiger partial charge in [0.1, 0.15) is 5.82 Å². The number of rotatable bonds is 4. The number of amides is 1. The lowest BCUT2D eigenvalue weighted by Gasteiger charge is -2.09. The van der Waals surface area contributed by atoms with E-state index in [0.29, 0.717) is 16.6 Å². The molecule has 0 spiro atoms. The molecule has 1 aliphatic rings. The maximum atomic E-state index is 13.0. The van der Waals surface area contributed by atoms with Gasteiger partial charge in [-0.15, -0.1) is 0 Å². The summed E-state index contributed by atoms with van der Waals surface area (Å²) in [4.78, 5) is 11.7. The van der Waals surface area contributed by atoms with Crippen LogP contribution in [0.15, 0.2) is 22.7 Å². The van der Waals surface area contributed by atoms with Crippen LogP contribution in [0.25, 0.3) is 0 Å². The first-order chi connectivity index (χ1) is 8.65. The highest BCUT2D eigenvalue weighted by Gasteiger charge is 2.16. The Kier molecular flexibility index (Phi) is 4.72. The molecule has 1 aliphatic heterocycles. The lowest BCUT2D eigenvalue weighted by Crippen LogP contribution is -2.15. The maximum Gasteiger partial charge on any atom is 0.224 e. The van der Waals surface area contributed by atoms with E-state index < -0.39 is 0 Å². The van der Waals surface area contributed by atoms with Gasteiger partial charge in [-0.3, -0.25) is 4.79 Å². The van der Waals surface area contributed by atoms with Gasteiger partial charge >= 0.3 is 0 Å². The molecule has 0 aliphatic carbocycles. The molecule has 1 aromatic carbocycles. The first-order valence-corrected chi connectivity index (χ1v) is 6.81. The van der Waals surface area contributed by atoms with Gasteiger partial charge in [-0.05, 0) is 53.4 Å². The summed E-state index contributed by atoms with van der Waals surface area (Å²) in [5.74, 6) is -0.406. The lowest BCUT2D eigenvalue weighted by atomic mass is 10.1. The molecule has 0 radical (unpaired) electrons. The fourth-order valence-electron chi connectivity index (χ4n) is 1.96. The van der Waals surface area contributed by atoms with Crippen LogP contribution >= 0.6 is 15.9 Å². The lowest BCUT2D eigenvalue weighted by molar-refractivity contribution is -0.116. The number of nitrogens with one attached hydrogen (secondary N) is 1. The SMILES string of the molecule is O=C(CCC1CCCO1)Nc1ccc(F)c(Br)c1. The monoisotopic (exact) mass is 315 g/mol. The minimum absolute atomic E-state index is 0.0657. The van der Waals surface area contributed by atoms with Gasteiger partial charge in [0.05, 0.1) is 10.6 Å². The van der Waals surface area contributed by atoms with Gasteiger partial charge in [0.2, 0.25) is 5.91 Å². The Bertz CT molecular complexity index is 433. The summed E-state index contributed by atoms with van der Waals surface area (Å²) in [6.45, 7) is 0.803. The van der Waals surface area contributed by atoms with Crippen LogP contribution in [-0.4, -0.2) is 18.6 Å². The molecule has 1 atom stereocenters. The third-order valence-corrected chi connectivity index (χ3v) is 3.53. The minimum atomic E-state index is -0.340. The topological polar surface area (TPSA) is 38.3 Å². The van der Waals surface area contributed by atoms with E-state index in [4.69, 9.17) is 4.74 Å². The molecule has 1 N–H and O–H groups in total. The summed E-state index contributed by atoms with van der Waals surface area (Å²) in [6.07, 6.45) is 3.51. The fraction of sp³-hybridized carbons (Fsp3) is 0.462. The molecule has 1 amide bonds. The Hall–Kier alpha value is -0.940. The van der Waals surface area contributed by atoms with Gasteiger partial charge in [-0.2, -0.15) is 0 Å². The Morgan fingerprint density at radius 1 is 1.56 bits per heavy atom. The molecule has 98 valence electrons. The largest absolute Gasteiger partial charge is 0.378 e. The summed E-state index contributed by atoms with van der Waals surface area (Å²) >= 11 is 3.08. The Balaban J connectivity index is 1.80. The average molecular weight is 316 g/mol. The number of halogens is 2. The van der Waals surface area contributed by atoms with Crippen molar-refractivity contribution in [3.63, 3.8) is 0 Å². The fourth-order valence-corrected chi connectivity index (χ4v) is 2.34. The minimum Gasteiger partial charge on any atom is -0.378 e. The summed E-state index contributed by atoms with van der Waals surface area (Å²) in [6, 6.07) is 4.42. The predicted octanol–water partition coefficient (Wildman–Crippen LogP) is 3.49. The maximum absolute atomic E-state index is 13.0. The Morgan fingerprint density at radius 2 is 2.39 bits per heavy atom. The third kappa shape index (κ3) is 3.78. The highest BCUT2D eigenvalue weighted by molar-refractivity contribution is 9.10. The van der Waals surface area contributed by atoms with Crippen molar-refractivity contribution in [2.45, 2.75) is 31.8 Å². The van der Waals surface area contributed by atoms with Crippen molar-refractivity contribution < 1.29 is 13.9 Å². The second kappa shape index (κ2) is 6.29. The molecule has 5 heteroatoms. The average Bonchev–Trinajstić information content (AvgIpc) is 2.84. The zero-order chi connectivity index (χ0) is 13.0. The van der Waals surface area contributed by atoms with Crippen molar-refractivity contribution in [2.24, 2.45) is 0 Å². The van der Waals surface area contributed by atoms with E-state index in [1.807, 2.05) is 0 Å². The molecule has 1 unspecified atom stereocenters. The zero-order valence-corrected chi connectivity index (χ0v) is 11.5. The molecule has 0 saturated carbocycles. The molecule has 2 rings (SSSR count). The van der Waals surface area contributed by atoms with Crippen LogP contribution in [0.4, 0.5) is 10.1 Å². The first kappa shape index (κ1) is 13.5. The molecule has 1 saturated heterocycles. The van der Waals surface area contributed by atoms with Gasteiger partial charge < -0.3 is 10.1 Å². The third-order valence-electron chi connectivity index (χ3n) is 2.92. The Morgan fingerprint density at radius 3 is 3.06 bits per heavy atom. The highest BCUT2D eigenvalue weighted by Crippen LogP contribution is 2.21. The van der Waals surface area contributed by atoms with Crippen molar-refractivity contribution in [3.8, 4) is 0 Å². The van der Waals surface area contributed by atoms with E-state index in [9.17, 15) is 9.18 Å². The molecule has 0 aromatic heterocycles. The summed E-state index contributed by atoms with van der Waals surface area (Å²) in [5.41, 5.74) is 0.598. The molecule has 1 fully saturated rings. The quantitative estimate of drug-likeness (QED) is 0.923. The van der Waals surface area contributed by atoms with Crippen LogP contribution < -0.4 is 5.32 Å². The number of hydrogen-bond donors (Lipinski definition) is 1. The molecule has 1 aromatic rings.